The molecule has 0 unspecified atom stereocenters. The second-order valence-corrected chi connectivity index (χ2v) is 7.07. The second kappa shape index (κ2) is 11.3. The molecule has 1 saturated carbocycles. The van der Waals surface area contributed by atoms with E-state index in [0.29, 0.717) is 13.2 Å². The molecule has 0 atom stereocenters. The van der Waals surface area contributed by atoms with Crippen LogP contribution in [0.2, 0.25) is 0 Å². The summed E-state index contributed by atoms with van der Waals surface area (Å²) in [6.07, 6.45) is 16.8. The summed E-state index contributed by atoms with van der Waals surface area (Å²) in [5.41, 5.74) is 2.80. The molecule has 1 aliphatic rings. The van der Waals surface area contributed by atoms with E-state index in [0.717, 1.165) is 18.3 Å². The van der Waals surface area contributed by atoms with Crippen molar-refractivity contribution < 1.29 is 4.74 Å². The SMILES string of the molecule is C=CCCCC1CCC(c2ccc(COC/C=C/CC)cc2)CC1. The lowest BCUT2D eigenvalue weighted by Crippen LogP contribution is -2.13. The minimum Gasteiger partial charge on any atom is -0.373 e. The van der Waals surface area contributed by atoms with E-state index in [9.17, 15) is 0 Å². The van der Waals surface area contributed by atoms with E-state index in [-0.39, 0.29) is 0 Å². The minimum atomic E-state index is 0.713. The molecule has 24 heavy (non-hydrogen) atoms. The van der Waals surface area contributed by atoms with Crippen LogP contribution in [-0.2, 0) is 11.3 Å². The monoisotopic (exact) mass is 326 g/mol. The summed E-state index contributed by atoms with van der Waals surface area (Å²) in [6, 6.07) is 9.14. The normalized spacial score (nSPS) is 21.2. The third kappa shape index (κ3) is 6.65. The molecule has 0 spiro atoms. The molecule has 0 aromatic heterocycles. The third-order valence-electron chi connectivity index (χ3n) is 5.20. The van der Waals surface area contributed by atoms with Gasteiger partial charge in [0.2, 0.25) is 0 Å². The lowest BCUT2D eigenvalue weighted by molar-refractivity contribution is 0.148. The van der Waals surface area contributed by atoms with Crippen LogP contribution in [0.25, 0.3) is 0 Å². The number of hydrogen-bond acceptors (Lipinski definition) is 1. The molecule has 0 aliphatic heterocycles. The summed E-state index contributed by atoms with van der Waals surface area (Å²) < 4.78 is 5.67. The Morgan fingerprint density at radius 1 is 1.08 bits per heavy atom. The Balaban J connectivity index is 1.71. The molecule has 1 fully saturated rings. The standard InChI is InChI=1S/C23H34O/c1-3-5-7-9-20-10-14-22(15-11-20)23-16-12-21(13-17-23)19-24-18-8-6-4-2/h3,6,8,12-13,16-17,20,22H,1,4-5,7,9-11,14-15,18-19H2,2H3/b8-6+. The first-order valence-electron chi connectivity index (χ1n) is 9.76. The summed E-state index contributed by atoms with van der Waals surface area (Å²) in [6.45, 7) is 7.39. The number of allylic oxidation sites excluding steroid dienone is 2. The fourth-order valence-corrected chi connectivity index (χ4v) is 3.70. The Morgan fingerprint density at radius 3 is 2.50 bits per heavy atom. The first kappa shape index (κ1) is 19.0. The van der Waals surface area contributed by atoms with Gasteiger partial charge in [0.25, 0.3) is 0 Å². The zero-order chi connectivity index (χ0) is 17.0. The largest absolute Gasteiger partial charge is 0.373 e. The van der Waals surface area contributed by atoms with Crippen molar-refractivity contribution in [2.24, 2.45) is 5.92 Å². The zero-order valence-corrected chi connectivity index (χ0v) is 15.4. The van der Waals surface area contributed by atoms with Crippen molar-refractivity contribution in [3.63, 3.8) is 0 Å². The maximum absolute atomic E-state index is 5.67. The number of ether oxygens (including phenoxy) is 1. The predicted molar refractivity (Wildman–Crippen MR) is 104 cm³/mol. The van der Waals surface area contributed by atoms with Crippen molar-refractivity contribution in [2.75, 3.05) is 6.61 Å². The highest BCUT2D eigenvalue weighted by Gasteiger charge is 2.21. The lowest BCUT2D eigenvalue weighted by atomic mass is 9.77. The van der Waals surface area contributed by atoms with Crippen LogP contribution < -0.4 is 0 Å². The summed E-state index contributed by atoms with van der Waals surface area (Å²) in [5.74, 6) is 1.72. The van der Waals surface area contributed by atoms with Gasteiger partial charge >= 0.3 is 0 Å². The zero-order valence-electron chi connectivity index (χ0n) is 15.4. The van der Waals surface area contributed by atoms with E-state index in [2.05, 4.69) is 56.0 Å². The Bertz CT molecular complexity index is 477. The fourth-order valence-electron chi connectivity index (χ4n) is 3.70. The average Bonchev–Trinajstić information content (AvgIpc) is 2.63. The quantitative estimate of drug-likeness (QED) is 0.339. The van der Waals surface area contributed by atoms with E-state index in [1.807, 2.05) is 0 Å². The molecule has 1 aliphatic carbocycles. The highest BCUT2D eigenvalue weighted by Crippen LogP contribution is 2.37. The summed E-state index contributed by atoms with van der Waals surface area (Å²) in [7, 11) is 0. The summed E-state index contributed by atoms with van der Waals surface area (Å²) in [5, 5.41) is 0. The highest BCUT2D eigenvalue weighted by atomic mass is 16.5. The molecule has 0 bridgehead atoms. The summed E-state index contributed by atoms with van der Waals surface area (Å²) in [4.78, 5) is 0. The smallest absolute Gasteiger partial charge is 0.0721 e. The van der Waals surface area contributed by atoms with Gasteiger partial charge < -0.3 is 4.74 Å². The van der Waals surface area contributed by atoms with E-state index in [1.165, 1.54) is 56.1 Å². The first-order valence-corrected chi connectivity index (χ1v) is 9.76. The third-order valence-corrected chi connectivity index (χ3v) is 5.20. The van der Waals surface area contributed by atoms with Gasteiger partial charge in [-0.3, -0.25) is 0 Å². The molecule has 1 aromatic rings. The Morgan fingerprint density at radius 2 is 1.83 bits per heavy atom. The lowest BCUT2D eigenvalue weighted by Gasteiger charge is -2.29. The van der Waals surface area contributed by atoms with Crippen molar-refractivity contribution in [1.29, 1.82) is 0 Å². The van der Waals surface area contributed by atoms with Crippen LogP contribution in [0.1, 0.15) is 75.3 Å². The molecule has 0 radical (unpaired) electrons. The summed E-state index contributed by atoms with van der Waals surface area (Å²) >= 11 is 0. The molecule has 1 nitrogen and oxygen atoms in total. The molecular weight excluding hydrogens is 292 g/mol. The van der Waals surface area contributed by atoms with Gasteiger partial charge in [-0.25, -0.2) is 0 Å². The topological polar surface area (TPSA) is 9.23 Å². The van der Waals surface area contributed by atoms with Gasteiger partial charge in [-0.05, 0) is 67.9 Å². The van der Waals surface area contributed by atoms with Crippen LogP contribution in [0.15, 0.2) is 49.1 Å². The molecule has 1 aromatic carbocycles. The molecule has 0 saturated heterocycles. The predicted octanol–water partition coefficient (Wildman–Crippen LogP) is 6.80. The molecular formula is C23H34O. The number of unbranched alkanes of at least 4 members (excludes halogenated alkanes) is 1. The Hall–Kier alpha value is -1.34. The maximum atomic E-state index is 5.67. The van der Waals surface area contributed by atoms with E-state index < -0.39 is 0 Å². The van der Waals surface area contributed by atoms with Crippen LogP contribution in [-0.4, -0.2) is 6.61 Å². The van der Waals surface area contributed by atoms with Gasteiger partial charge in [-0.15, -0.1) is 6.58 Å². The van der Waals surface area contributed by atoms with Crippen molar-refractivity contribution in [3.8, 4) is 0 Å². The van der Waals surface area contributed by atoms with Crippen molar-refractivity contribution >= 4 is 0 Å². The minimum absolute atomic E-state index is 0.713. The molecule has 1 heteroatoms. The van der Waals surface area contributed by atoms with Crippen LogP contribution in [0.5, 0.6) is 0 Å². The Kier molecular flexibility index (Phi) is 8.91. The van der Waals surface area contributed by atoms with Gasteiger partial charge in [0, 0.05) is 0 Å². The number of hydrogen-bond donors (Lipinski definition) is 0. The molecule has 132 valence electrons. The van der Waals surface area contributed by atoms with Crippen LogP contribution in [0.4, 0.5) is 0 Å². The number of benzene rings is 1. The molecule has 0 amide bonds. The van der Waals surface area contributed by atoms with Crippen LogP contribution >= 0.6 is 0 Å². The maximum Gasteiger partial charge on any atom is 0.0721 e. The van der Waals surface area contributed by atoms with Gasteiger partial charge in [0.15, 0.2) is 0 Å². The van der Waals surface area contributed by atoms with Gasteiger partial charge in [-0.1, -0.05) is 55.8 Å². The fraction of sp³-hybridized carbons (Fsp3) is 0.565. The second-order valence-electron chi connectivity index (χ2n) is 7.07. The van der Waals surface area contributed by atoms with Gasteiger partial charge in [-0.2, -0.15) is 0 Å². The van der Waals surface area contributed by atoms with E-state index >= 15 is 0 Å². The van der Waals surface area contributed by atoms with Crippen LogP contribution in [0, 0.1) is 5.92 Å². The van der Waals surface area contributed by atoms with E-state index in [1.54, 1.807) is 0 Å². The van der Waals surface area contributed by atoms with E-state index in [4.69, 9.17) is 4.74 Å². The van der Waals surface area contributed by atoms with Crippen molar-refractivity contribution in [1.82, 2.24) is 0 Å². The Labute approximate surface area is 148 Å². The van der Waals surface area contributed by atoms with Crippen molar-refractivity contribution in [2.45, 2.75) is 70.8 Å². The average molecular weight is 327 g/mol. The van der Waals surface area contributed by atoms with Gasteiger partial charge in [0.05, 0.1) is 13.2 Å². The van der Waals surface area contributed by atoms with Crippen LogP contribution in [0.3, 0.4) is 0 Å². The highest BCUT2D eigenvalue weighted by molar-refractivity contribution is 5.25. The molecule has 0 N–H and O–H groups in total. The number of rotatable bonds is 10. The molecule has 2 rings (SSSR count). The van der Waals surface area contributed by atoms with Gasteiger partial charge in [0.1, 0.15) is 0 Å². The van der Waals surface area contributed by atoms with Crippen molar-refractivity contribution in [3.05, 3.63) is 60.2 Å². The first-order chi connectivity index (χ1) is 11.8. The molecule has 0 heterocycles.